The van der Waals surface area contributed by atoms with E-state index in [2.05, 4.69) is 15.3 Å². The highest BCUT2D eigenvalue weighted by Crippen LogP contribution is 2.22. The molecule has 0 heterocycles. The molecule has 0 aliphatic rings. The third-order valence-electron chi connectivity index (χ3n) is 13.4. The first-order valence-electron chi connectivity index (χ1n) is 36.4. The van der Waals surface area contributed by atoms with E-state index >= 15 is 0 Å². The summed E-state index contributed by atoms with van der Waals surface area (Å²) in [5.74, 6) is 0.124. The maximum atomic E-state index is 12.1. The summed E-state index contributed by atoms with van der Waals surface area (Å²) in [5, 5.41) is 6.23. The van der Waals surface area contributed by atoms with Gasteiger partial charge in [0.25, 0.3) is 0 Å². The normalized spacial score (nSPS) is 11.8. The molecule has 102 heavy (non-hydrogen) atoms. The first-order chi connectivity index (χ1) is 50.4. The number of carbonyl (C=O) groups is 2. The predicted octanol–water partition coefficient (Wildman–Crippen LogP) is 3.05. The van der Waals surface area contributed by atoms with E-state index < -0.39 is 0 Å². The topological polar surface area (TPSA) is 353 Å². The molecule has 34 nitrogen and oxygen atoms in total. The van der Waals surface area contributed by atoms with Gasteiger partial charge >= 0.3 is 0 Å². The molecule has 34 heteroatoms. The van der Waals surface area contributed by atoms with Crippen LogP contribution in [-0.4, -0.2) is 395 Å². The Morgan fingerprint density at radius 2 is 0.431 bits per heavy atom. The fraction of sp³-hybridized carbons (Fsp3) is 0.971. The van der Waals surface area contributed by atoms with E-state index in [-0.39, 0.29) is 23.5 Å². The Bertz CT molecular complexity index is 1700. The Balaban J connectivity index is 3.13. The van der Waals surface area contributed by atoms with Crippen LogP contribution in [-0.2, 0) is 142 Å². The fourth-order valence-corrected chi connectivity index (χ4v) is 7.42. The summed E-state index contributed by atoms with van der Waals surface area (Å²) in [6.07, 6.45) is 2.20. The molecule has 1 N–H and O–H groups in total. The Labute approximate surface area is 607 Å². The summed E-state index contributed by atoms with van der Waals surface area (Å²) in [6.45, 7) is 32.8. The molecule has 0 fully saturated rings. The van der Waals surface area contributed by atoms with Crippen LogP contribution in [0.2, 0.25) is 0 Å². The molecule has 0 radical (unpaired) electrons. The van der Waals surface area contributed by atoms with Gasteiger partial charge in [-0.2, -0.15) is 0 Å². The van der Waals surface area contributed by atoms with Gasteiger partial charge in [-0.05, 0) is 18.4 Å². The molecule has 0 aromatic carbocycles. The number of azide groups is 1. The van der Waals surface area contributed by atoms with Crippen LogP contribution in [0.15, 0.2) is 5.11 Å². The molecule has 0 spiro atoms. The van der Waals surface area contributed by atoms with Crippen LogP contribution in [0.5, 0.6) is 0 Å². The summed E-state index contributed by atoms with van der Waals surface area (Å²) in [5.41, 5.74) is 7.92. The molecule has 0 unspecified atom stereocenters. The number of ether oxygens (including phenoxy) is 28. The molecule has 0 aliphatic heterocycles. The lowest BCUT2D eigenvalue weighted by atomic mass is 9.84. The summed E-state index contributed by atoms with van der Waals surface area (Å²) in [6, 6.07) is 0. The highest BCUT2D eigenvalue weighted by molar-refractivity contribution is 5.84. The lowest BCUT2D eigenvalue weighted by Crippen LogP contribution is -2.28. The van der Waals surface area contributed by atoms with Crippen molar-refractivity contribution in [3.05, 3.63) is 10.4 Å². The number of carbonyl (C=O) groups excluding carboxylic acids is 2. The highest BCUT2D eigenvalue weighted by Gasteiger charge is 2.24. The predicted molar refractivity (Wildman–Crippen MR) is 373 cm³/mol. The number of nitrogens with one attached hydrogen (secondary N) is 1. The molecule has 0 aliphatic carbocycles. The molecule has 0 saturated carbocycles. The minimum Gasteiger partial charge on any atom is -0.379 e. The van der Waals surface area contributed by atoms with Gasteiger partial charge in [-0.3, -0.25) is 9.59 Å². The van der Waals surface area contributed by atoms with Gasteiger partial charge in [-0.25, -0.2) is 0 Å². The number of hydrogen-bond donors (Lipinski definition) is 1. The second kappa shape index (κ2) is 89.0. The summed E-state index contributed by atoms with van der Waals surface area (Å²) < 4.78 is 154. The average molecular weight is 1490 g/mol. The summed E-state index contributed by atoms with van der Waals surface area (Å²) in [4.78, 5) is 26.7. The average Bonchev–Trinajstić information content (AvgIpc) is 0.939. The van der Waals surface area contributed by atoms with E-state index in [9.17, 15) is 9.59 Å². The van der Waals surface area contributed by atoms with Gasteiger partial charge in [-0.1, -0.05) is 25.9 Å². The van der Waals surface area contributed by atoms with Gasteiger partial charge < -0.3 is 138 Å². The first kappa shape index (κ1) is 99.3. The van der Waals surface area contributed by atoms with Crippen molar-refractivity contribution in [2.24, 2.45) is 10.5 Å². The Morgan fingerprint density at radius 3 is 0.618 bits per heavy atom. The molecule has 0 rings (SSSR count). The van der Waals surface area contributed by atoms with Crippen molar-refractivity contribution in [3.8, 4) is 0 Å². The molecule has 0 atom stereocenters. The number of hydrogen-bond acceptors (Lipinski definition) is 31. The van der Waals surface area contributed by atoms with E-state index in [1.54, 1.807) is 0 Å². The van der Waals surface area contributed by atoms with Crippen LogP contribution in [0, 0.1) is 5.41 Å². The fourth-order valence-electron chi connectivity index (χ4n) is 7.42. The number of nitrogens with zero attached hydrogens (tertiary/aromatic N) is 3. The Hall–Kier alpha value is -2.67. The zero-order valence-corrected chi connectivity index (χ0v) is 62.4. The van der Waals surface area contributed by atoms with Gasteiger partial charge in [0, 0.05) is 42.9 Å². The van der Waals surface area contributed by atoms with Crippen LogP contribution in [0.25, 0.3) is 10.4 Å². The minimum absolute atomic E-state index is 0.105. The van der Waals surface area contributed by atoms with Crippen molar-refractivity contribution in [2.75, 3.05) is 383 Å². The maximum Gasteiger partial charge on any atom is 0.222 e. The quantitative estimate of drug-likeness (QED) is 0.0396. The molecule has 1 amide bonds. The smallest absolute Gasteiger partial charge is 0.222 e. The van der Waals surface area contributed by atoms with Crippen LogP contribution >= 0.6 is 0 Å². The Kier molecular flexibility index (Phi) is 86.6. The van der Waals surface area contributed by atoms with Crippen molar-refractivity contribution in [3.63, 3.8) is 0 Å². The van der Waals surface area contributed by atoms with Crippen LogP contribution in [0.1, 0.15) is 46.5 Å². The zero-order valence-electron chi connectivity index (χ0n) is 62.4. The molecule has 0 aromatic rings. The second-order valence-electron chi connectivity index (χ2n) is 22.0. The van der Waals surface area contributed by atoms with Crippen molar-refractivity contribution in [1.82, 2.24) is 5.32 Å². The maximum absolute atomic E-state index is 12.1. The number of rotatable bonds is 93. The van der Waals surface area contributed by atoms with Gasteiger partial charge in [0.2, 0.25) is 5.91 Å². The molecular weight excluding hydrogens is 1350 g/mol. The molecule has 0 aromatic heterocycles. The number of amides is 1. The first-order valence-corrected chi connectivity index (χ1v) is 36.4. The van der Waals surface area contributed by atoms with Crippen molar-refractivity contribution in [2.45, 2.75) is 46.5 Å². The second-order valence-corrected chi connectivity index (χ2v) is 22.0. The van der Waals surface area contributed by atoms with Gasteiger partial charge in [0.15, 0.2) is 0 Å². The SMILES string of the molecule is CCC(C)(C)C(=O)CCOCCOCCOCCOCCOCCOCCOCCOCCOCCOCCOCCOCCOCCOCCOCCOCCOCCOCCOCCOCCOCCOCCOCCOCCNC(=O)CCOCCOCCOCCOCCCN=[N+]=[N-]. The third kappa shape index (κ3) is 86.3. The summed E-state index contributed by atoms with van der Waals surface area (Å²) >= 11 is 0. The van der Waals surface area contributed by atoms with Gasteiger partial charge in [0.05, 0.1) is 363 Å². The van der Waals surface area contributed by atoms with E-state index in [0.717, 1.165) is 6.42 Å². The van der Waals surface area contributed by atoms with Crippen LogP contribution in [0.3, 0.4) is 0 Å². The van der Waals surface area contributed by atoms with Crippen molar-refractivity contribution < 1.29 is 142 Å². The highest BCUT2D eigenvalue weighted by atomic mass is 16.6. The largest absolute Gasteiger partial charge is 0.379 e. The van der Waals surface area contributed by atoms with E-state index in [1.807, 2.05) is 20.8 Å². The van der Waals surface area contributed by atoms with E-state index in [0.29, 0.717) is 396 Å². The molecule has 0 bridgehead atoms. The molecular formula is C68H134N4O30. The third-order valence-corrected chi connectivity index (χ3v) is 13.4. The lowest BCUT2D eigenvalue weighted by molar-refractivity contribution is -0.128. The number of Topliss-reactive ketones (excluding diaryl/α,β-unsaturated/α-hetero) is 1. The number of ketones is 1. The van der Waals surface area contributed by atoms with Crippen molar-refractivity contribution in [1.29, 1.82) is 0 Å². The molecule has 606 valence electrons. The molecule has 0 saturated heterocycles. The lowest BCUT2D eigenvalue weighted by Gasteiger charge is -2.20. The Morgan fingerprint density at radius 1 is 0.265 bits per heavy atom. The standard InChI is InChI=1S/C68H134N4O30/c1-4-68(2,3)66(73)6-11-76-15-19-80-24-26-83-28-30-85-32-34-87-36-38-89-40-42-91-44-46-93-48-50-95-52-54-97-56-58-99-60-62-101-64-65-102-63-61-100-59-57-98-55-53-96-51-49-94-47-45-92-43-41-90-39-37-88-35-33-86-31-29-84-27-25-82-21-17-78-13-9-70-67(74)7-12-77-16-20-81-23-22-79-18-14-75-10-5-8-71-72-69/h4-65H2,1-3H3,(H,70,74). The zero-order chi connectivity index (χ0) is 73.4. The van der Waals surface area contributed by atoms with Crippen molar-refractivity contribution >= 4 is 11.7 Å². The minimum atomic E-state index is -0.285. The van der Waals surface area contributed by atoms with E-state index in [1.165, 1.54) is 0 Å². The van der Waals surface area contributed by atoms with Crippen LogP contribution in [0.4, 0.5) is 0 Å². The van der Waals surface area contributed by atoms with Gasteiger partial charge in [-0.15, -0.1) is 0 Å². The van der Waals surface area contributed by atoms with Gasteiger partial charge in [0.1, 0.15) is 5.78 Å². The summed E-state index contributed by atoms with van der Waals surface area (Å²) in [7, 11) is 0. The van der Waals surface area contributed by atoms with E-state index in [4.69, 9.17) is 138 Å². The monoisotopic (exact) mass is 1490 g/mol. The van der Waals surface area contributed by atoms with Crippen LogP contribution < -0.4 is 5.32 Å².